The van der Waals surface area contributed by atoms with Crippen molar-refractivity contribution < 1.29 is 9.90 Å². The molecule has 0 radical (unpaired) electrons. The van der Waals surface area contributed by atoms with Gasteiger partial charge in [0.2, 0.25) is 0 Å². The molecule has 0 saturated carbocycles. The number of piperidine rings is 1. The summed E-state index contributed by atoms with van der Waals surface area (Å²) in [7, 11) is 0. The van der Waals surface area contributed by atoms with Gasteiger partial charge in [-0.05, 0) is 31.9 Å². The average molecular weight is 280 g/mol. The van der Waals surface area contributed by atoms with E-state index in [1.54, 1.807) is 6.07 Å². The van der Waals surface area contributed by atoms with Crippen molar-refractivity contribution in [2.75, 3.05) is 19.6 Å². The van der Waals surface area contributed by atoms with Gasteiger partial charge in [0.05, 0.1) is 12.1 Å². The first-order valence-corrected chi connectivity index (χ1v) is 7.43. The number of aromatic nitrogens is 2. The van der Waals surface area contributed by atoms with Crippen LogP contribution in [0.1, 0.15) is 49.1 Å². The van der Waals surface area contributed by atoms with E-state index < -0.39 is 6.10 Å². The van der Waals surface area contributed by atoms with Gasteiger partial charge in [0.15, 0.2) is 0 Å². The third-order valence-corrected chi connectivity index (χ3v) is 3.61. The molecular formula is C14H24N4O2. The first kappa shape index (κ1) is 15.0. The van der Waals surface area contributed by atoms with Gasteiger partial charge in [-0.1, -0.05) is 13.3 Å². The molecule has 1 aliphatic heterocycles. The quantitative estimate of drug-likeness (QED) is 0.716. The summed E-state index contributed by atoms with van der Waals surface area (Å²) in [5.41, 5.74) is 0.416. The summed E-state index contributed by atoms with van der Waals surface area (Å²) in [5, 5.41) is 20.0. The molecule has 1 fully saturated rings. The van der Waals surface area contributed by atoms with Crippen LogP contribution in [0.25, 0.3) is 0 Å². The second-order valence-electron chi connectivity index (χ2n) is 5.33. The molecule has 6 nitrogen and oxygen atoms in total. The standard InChI is InChI=1S/C14H24N4O2/c1-2-4-12(19)10-16-14(20)13-6-8-18(17-13)11-5-3-7-15-9-11/h6,8,11-12,15,19H,2-5,7,9-10H2,1H3,(H,16,20). The number of nitrogens with one attached hydrogen (secondary N) is 2. The summed E-state index contributed by atoms with van der Waals surface area (Å²) in [6, 6.07) is 2.06. The van der Waals surface area contributed by atoms with Crippen molar-refractivity contribution in [3.8, 4) is 0 Å². The van der Waals surface area contributed by atoms with Crippen molar-refractivity contribution in [3.63, 3.8) is 0 Å². The van der Waals surface area contributed by atoms with E-state index in [0.29, 0.717) is 18.2 Å². The predicted octanol–water partition coefficient (Wildman–Crippen LogP) is 0.698. The second kappa shape index (κ2) is 7.40. The Labute approximate surface area is 119 Å². The summed E-state index contributed by atoms with van der Waals surface area (Å²) in [4.78, 5) is 11.9. The van der Waals surface area contributed by atoms with Crippen LogP contribution >= 0.6 is 0 Å². The summed E-state index contributed by atoms with van der Waals surface area (Å²) in [6.07, 6.45) is 5.20. The number of aliphatic hydroxyl groups excluding tert-OH is 1. The van der Waals surface area contributed by atoms with Crippen LogP contribution in [0.5, 0.6) is 0 Å². The molecule has 1 aliphatic rings. The molecule has 0 bridgehead atoms. The maximum absolute atomic E-state index is 11.9. The minimum absolute atomic E-state index is 0.220. The molecule has 1 amide bonds. The van der Waals surface area contributed by atoms with Gasteiger partial charge < -0.3 is 15.7 Å². The van der Waals surface area contributed by atoms with Crippen LogP contribution in [0.3, 0.4) is 0 Å². The summed E-state index contributed by atoms with van der Waals surface area (Å²) in [6.45, 7) is 4.24. The highest BCUT2D eigenvalue weighted by atomic mass is 16.3. The fourth-order valence-corrected chi connectivity index (χ4v) is 2.46. The van der Waals surface area contributed by atoms with Crippen LogP contribution in [0.4, 0.5) is 0 Å². The Morgan fingerprint density at radius 2 is 2.55 bits per heavy atom. The topological polar surface area (TPSA) is 79.2 Å². The van der Waals surface area contributed by atoms with Crippen molar-refractivity contribution in [3.05, 3.63) is 18.0 Å². The fraction of sp³-hybridized carbons (Fsp3) is 0.714. The highest BCUT2D eigenvalue weighted by molar-refractivity contribution is 5.92. The largest absolute Gasteiger partial charge is 0.391 e. The SMILES string of the molecule is CCCC(O)CNC(=O)c1ccn(C2CCCNC2)n1. The summed E-state index contributed by atoms with van der Waals surface area (Å²) < 4.78 is 1.86. The van der Waals surface area contributed by atoms with Gasteiger partial charge in [0, 0.05) is 19.3 Å². The minimum Gasteiger partial charge on any atom is -0.391 e. The zero-order valence-corrected chi connectivity index (χ0v) is 12.0. The number of hydrogen-bond donors (Lipinski definition) is 3. The lowest BCUT2D eigenvalue weighted by Gasteiger charge is -2.22. The number of nitrogens with zero attached hydrogens (tertiary/aromatic N) is 2. The van der Waals surface area contributed by atoms with Gasteiger partial charge in [0.1, 0.15) is 5.69 Å². The van der Waals surface area contributed by atoms with E-state index in [1.807, 2.05) is 17.8 Å². The summed E-state index contributed by atoms with van der Waals surface area (Å²) in [5.74, 6) is -0.220. The molecule has 1 aromatic rings. The van der Waals surface area contributed by atoms with E-state index in [9.17, 15) is 9.90 Å². The molecule has 6 heteroatoms. The Kier molecular flexibility index (Phi) is 5.55. The average Bonchev–Trinajstić information content (AvgIpc) is 2.96. The van der Waals surface area contributed by atoms with E-state index in [0.717, 1.165) is 32.4 Å². The highest BCUT2D eigenvalue weighted by Gasteiger charge is 2.17. The number of amides is 1. The van der Waals surface area contributed by atoms with Gasteiger partial charge in [0.25, 0.3) is 5.91 Å². The zero-order valence-electron chi connectivity index (χ0n) is 12.0. The number of rotatable bonds is 6. The molecule has 2 unspecified atom stereocenters. The van der Waals surface area contributed by atoms with Crippen molar-refractivity contribution in [1.82, 2.24) is 20.4 Å². The first-order chi connectivity index (χ1) is 9.70. The maximum atomic E-state index is 11.9. The molecule has 3 N–H and O–H groups in total. The Hall–Kier alpha value is -1.40. The molecule has 2 atom stereocenters. The van der Waals surface area contributed by atoms with Crippen LogP contribution in [0.15, 0.2) is 12.3 Å². The van der Waals surface area contributed by atoms with Crippen LogP contribution in [-0.2, 0) is 0 Å². The van der Waals surface area contributed by atoms with Gasteiger partial charge >= 0.3 is 0 Å². The number of carbonyl (C=O) groups excluding carboxylic acids is 1. The highest BCUT2D eigenvalue weighted by Crippen LogP contribution is 2.15. The monoisotopic (exact) mass is 280 g/mol. The third kappa shape index (κ3) is 4.05. The van der Waals surface area contributed by atoms with Gasteiger partial charge in [-0.25, -0.2) is 0 Å². The molecule has 2 rings (SSSR count). The van der Waals surface area contributed by atoms with Crippen molar-refractivity contribution in [2.24, 2.45) is 0 Å². The van der Waals surface area contributed by atoms with Crippen molar-refractivity contribution >= 4 is 5.91 Å². The van der Waals surface area contributed by atoms with Crippen LogP contribution in [-0.4, -0.2) is 46.5 Å². The number of hydrogen-bond acceptors (Lipinski definition) is 4. The van der Waals surface area contributed by atoms with E-state index in [2.05, 4.69) is 15.7 Å². The van der Waals surface area contributed by atoms with Gasteiger partial charge in [-0.3, -0.25) is 9.48 Å². The number of carbonyl (C=O) groups is 1. The lowest BCUT2D eigenvalue weighted by atomic mass is 10.1. The van der Waals surface area contributed by atoms with Crippen LogP contribution in [0, 0.1) is 0 Å². The zero-order chi connectivity index (χ0) is 14.4. The third-order valence-electron chi connectivity index (χ3n) is 3.61. The number of aliphatic hydroxyl groups is 1. The molecule has 112 valence electrons. The fourth-order valence-electron chi connectivity index (χ4n) is 2.46. The molecule has 0 aliphatic carbocycles. The molecular weight excluding hydrogens is 256 g/mol. The normalized spacial score (nSPS) is 20.6. The second-order valence-corrected chi connectivity index (χ2v) is 5.33. The Morgan fingerprint density at radius 1 is 1.70 bits per heavy atom. The van der Waals surface area contributed by atoms with Gasteiger partial charge in [-0.15, -0.1) is 0 Å². The maximum Gasteiger partial charge on any atom is 0.271 e. The molecule has 0 aromatic carbocycles. The lowest BCUT2D eigenvalue weighted by molar-refractivity contribution is 0.0904. The molecule has 0 spiro atoms. The van der Waals surface area contributed by atoms with E-state index in [-0.39, 0.29) is 12.5 Å². The Morgan fingerprint density at radius 3 is 3.25 bits per heavy atom. The predicted molar refractivity (Wildman–Crippen MR) is 76.6 cm³/mol. The van der Waals surface area contributed by atoms with Crippen LogP contribution in [0.2, 0.25) is 0 Å². The van der Waals surface area contributed by atoms with E-state index in [1.165, 1.54) is 0 Å². The molecule has 1 aromatic heterocycles. The van der Waals surface area contributed by atoms with E-state index >= 15 is 0 Å². The smallest absolute Gasteiger partial charge is 0.271 e. The van der Waals surface area contributed by atoms with Crippen molar-refractivity contribution in [2.45, 2.75) is 44.8 Å². The first-order valence-electron chi connectivity index (χ1n) is 7.43. The minimum atomic E-state index is -0.478. The molecule has 20 heavy (non-hydrogen) atoms. The molecule has 1 saturated heterocycles. The van der Waals surface area contributed by atoms with Crippen LogP contribution < -0.4 is 10.6 Å². The van der Waals surface area contributed by atoms with Gasteiger partial charge in [-0.2, -0.15) is 5.10 Å². The molecule has 2 heterocycles. The van der Waals surface area contributed by atoms with Crippen molar-refractivity contribution in [1.29, 1.82) is 0 Å². The lowest BCUT2D eigenvalue weighted by Crippen LogP contribution is -2.33. The Balaban J connectivity index is 1.86. The van der Waals surface area contributed by atoms with E-state index in [4.69, 9.17) is 0 Å². The Bertz CT molecular complexity index is 427. The summed E-state index contributed by atoms with van der Waals surface area (Å²) >= 11 is 0.